The molecule has 0 radical (unpaired) electrons. The molecule has 2 N–H and O–H groups in total. The monoisotopic (exact) mass is 423 g/mol. The Balaban J connectivity index is 1.92. The molecule has 1 fully saturated rings. The fraction of sp³-hybridized carbons (Fsp3) is 0.391. The minimum absolute atomic E-state index is 0.0102. The van der Waals surface area contributed by atoms with Crippen LogP contribution in [0.25, 0.3) is 0 Å². The first kappa shape index (κ1) is 20.8. The summed E-state index contributed by atoms with van der Waals surface area (Å²) in [5.41, 5.74) is 7.77. The van der Waals surface area contributed by atoms with Crippen LogP contribution in [0.4, 0.5) is 0 Å². The van der Waals surface area contributed by atoms with Crippen molar-refractivity contribution in [3.63, 3.8) is 0 Å². The van der Waals surface area contributed by atoms with Crippen LogP contribution in [0.2, 0.25) is 0 Å². The third-order valence-electron chi connectivity index (χ3n) is 5.85. The van der Waals surface area contributed by atoms with Gasteiger partial charge in [0, 0.05) is 30.0 Å². The van der Waals surface area contributed by atoms with E-state index in [1.54, 1.807) is 35.9 Å². The highest BCUT2D eigenvalue weighted by Gasteiger charge is 2.36. The summed E-state index contributed by atoms with van der Waals surface area (Å²) in [5, 5.41) is 9.87. The van der Waals surface area contributed by atoms with Gasteiger partial charge in [-0.3, -0.25) is 4.79 Å². The molecule has 0 unspecified atom stereocenters. The Kier molecular flexibility index (Phi) is 5.61. The van der Waals surface area contributed by atoms with Crippen LogP contribution >= 0.6 is 0 Å². The molecule has 3 heterocycles. The molecule has 0 saturated carbocycles. The van der Waals surface area contributed by atoms with E-state index in [4.69, 9.17) is 24.7 Å². The highest BCUT2D eigenvalue weighted by Crippen LogP contribution is 2.44. The van der Waals surface area contributed by atoms with Crippen molar-refractivity contribution in [1.29, 1.82) is 5.26 Å². The Morgan fingerprint density at radius 3 is 2.74 bits per heavy atom. The van der Waals surface area contributed by atoms with E-state index in [0.29, 0.717) is 41.5 Å². The topological polar surface area (TPSA) is 109 Å². The minimum Gasteiger partial charge on any atom is -0.497 e. The molecule has 1 saturated heterocycles. The molecular weight excluding hydrogens is 398 g/mol. The van der Waals surface area contributed by atoms with Gasteiger partial charge < -0.3 is 29.2 Å². The van der Waals surface area contributed by atoms with Crippen molar-refractivity contribution in [3.05, 3.63) is 62.9 Å². The lowest BCUT2D eigenvalue weighted by molar-refractivity contribution is 0.0954. The van der Waals surface area contributed by atoms with Gasteiger partial charge in [0.05, 0.1) is 38.3 Å². The first-order chi connectivity index (χ1) is 15.0. The van der Waals surface area contributed by atoms with Crippen molar-refractivity contribution in [3.8, 4) is 23.3 Å². The zero-order valence-corrected chi connectivity index (χ0v) is 17.8. The fourth-order valence-corrected chi connectivity index (χ4v) is 4.27. The number of aromatic nitrogens is 1. The maximum atomic E-state index is 13.7. The number of methoxy groups -OCH3 is 2. The number of nitriles is 1. The molecular formula is C23H25N3O5. The number of aryl methyl sites for hydroxylation is 1. The average molecular weight is 423 g/mol. The molecule has 1 aromatic heterocycles. The second-order valence-electron chi connectivity index (χ2n) is 7.65. The van der Waals surface area contributed by atoms with Crippen LogP contribution in [0.1, 0.15) is 35.6 Å². The number of nitrogens with zero attached hydrogens (tertiary/aromatic N) is 2. The van der Waals surface area contributed by atoms with Crippen molar-refractivity contribution in [2.75, 3.05) is 20.8 Å². The van der Waals surface area contributed by atoms with Gasteiger partial charge in [0.2, 0.25) is 5.88 Å². The van der Waals surface area contributed by atoms with Crippen LogP contribution in [0.5, 0.6) is 17.2 Å². The predicted molar refractivity (Wildman–Crippen MR) is 113 cm³/mol. The van der Waals surface area contributed by atoms with Crippen LogP contribution in [-0.2, 0) is 11.3 Å². The first-order valence-electron chi connectivity index (χ1n) is 10.1. The summed E-state index contributed by atoms with van der Waals surface area (Å²) in [4.78, 5) is 13.7. The van der Waals surface area contributed by atoms with Crippen LogP contribution < -0.4 is 25.5 Å². The van der Waals surface area contributed by atoms with E-state index in [2.05, 4.69) is 6.07 Å². The first-order valence-corrected chi connectivity index (χ1v) is 10.1. The number of pyridine rings is 1. The third kappa shape index (κ3) is 3.62. The van der Waals surface area contributed by atoms with Crippen LogP contribution in [0.3, 0.4) is 0 Å². The lowest BCUT2D eigenvalue weighted by atomic mass is 9.83. The largest absolute Gasteiger partial charge is 0.497 e. The van der Waals surface area contributed by atoms with E-state index < -0.39 is 5.92 Å². The number of nitrogens with two attached hydrogens (primary N) is 1. The molecule has 2 aliphatic rings. The Morgan fingerprint density at radius 2 is 2.10 bits per heavy atom. The number of allylic oxidation sites excluding steroid dienone is 1. The van der Waals surface area contributed by atoms with E-state index >= 15 is 0 Å². The summed E-state index contributed by atoms with van der Waals surface area (Å²) < 4.78 is 24.0. The Bertz CT molecular complexity index is 1140. The molecule has 8 nitrogen and oxygen atoms in total. The summed E-state index contributed by atoms with van der Waals surface area (Å²) in [5.74, 6) is 0.698. The van der Waals surface area contributed by atoms with Crippen molar-refractivity contribution in [2.24, 2.45) is 5.73 Å². The summed E-state index contributed by atoms with van der Waals surface area (Å²) in [6.07, 6.45) is 1.88. The van der Waals surface area contributed by atoms with Gasteiger partial charge in [-0.25, -0.2) is 0 Å². The summed E-state index contributed by atoms with van der Waals surface area (Å²) in [6, 6.07) is 9.18. The normalized spacial score (nSPS) is 20.1. The Morgan fingerprint density at radius 1 is 1.29 bits per heavy atom. The summed E-state index contributed by atoms with van der Waals surface area (Å²) in [7, 11) is 3.09. The van der Waals surface area contributed by atoms with Crippen LogP contribution in [0.15, 0.2) is 40.5 Å². The quantitative estimate of drug-likeness (QED) is 0.787. The molecule has 1 aromatic carbocycles. The fourth-order valence-electron chi connectivity index (χ4n) is 4.27. The molecule has 8 heteroatoms. The molecule has 4 rings (SSSR count). The van der Waals surface area contributed by atoms with Gasteiger partial charge in [-0.2, -0.15) is 5.26 Å². The molecule has 2 aromatic rings. The lowest BCUT2D eigenvalue weighted by Gasteiger charge is -2.28. The van der Waals surface area contributed by atoms with E-state index in [1.807, 2.05) is 6.92 Å². The Labute approximate surface area is 180 Å². The third-order valence-corrected chi connectivity index (χ3v) is 5.85. The van der Waals surface area contributed by atoms with Crippen LogP contribution in [-0.4, -0.2) is 31.5 Å². The van der Waals surface area contributed by atoms with E-state index in [-0.39, 0.29) is 23.1 Å². The van der Waals surface area contributed by atoms with Gasteiger partial charge in [0.15, 0.2) is 0 Å². The van der Waals surface area contributed by atoms with Gasteiger partial charge in [-0.1, -0.05) is 6.07 Å². The second kappa shape index (κ2) is 8.36. The smallest absolute Gasteiger partial charge is 0.258 e. The molecule has 0 aliphatic carbocycles. The molecule has 0 spiro atoms. The minimum atomic E-state index is -0.724. The number of hydrogen-bond donors (Lipinski definition) is 1. The summed E-state index contributed by atoms with van der Waals surface area (Å²) in [6.45, 7) is 3.00. The number of hydrogen-bond acceptors (Lipinski definition) is 7. The SMILES string of the molecule is COc1ccc([C@@H]2C(C#N)=C(N)Oc3cc(C)n(C[C@H]4CCCO4)c(=O)c32)c(OC)c1. The maximum Gasteiger partial charge on any atom is 0.258 e. The molecule has 2 aliphatic heterocycles. The molecule has 0 bridgehead atoms. The highest BCUT2D eigenvalue weighted by atomic mass is 16.5. The zero-order chi connectivity index (χ0) is 22.1. The van der Waals surface area contributed by atoms with Gasteiger partial charge in [-0.05, 0) is 25.8 Å². The van der Waals surface area contributed by atoms with Crippen molar-refractivity contribution >= 4 is 0 Å². The van der Waals surface area contributed by atoms with E-state index in [0.717, 1.165) is 18.5 Å². The highest BCUT2D eigenvalue weighted by molar-refractivity contribution is 5.59. The van der Waals surface area contributed by atoms with Crippen LogP contribution in [0, 0.1) is 18.3 Å². The van der Waals surface area contributed by atoms with E-state index in [9.17, 15) is 10.1 Å². The predicted octanol–water partition coefficient (Wildman–Crippen LogP) is 2.57. The van der Waals surface area contributed by atoms with Crippen molar-refractivity contribution < 1.29 is 18.9 Å². The second-order valence-corrected chi connectivity index (χ2v) is 7.65. The molecule has 0 amide bonds. The molecule has 2 atom stereocenters. The van der Waals surface area contributed by atoms with Crippen molar-refractivity contribution in [2.45, 2.75) is 38.3 Å². The Hall–Kier alpha value is -3.44. The van der Waals surface area contributed by atoms with E-state index in [1.165, 1.54) is 7.11 Å². The number of ether oxygens (including phenoxy) is 4. The maximum absolute atomic E-state index is 13.7. The average Bonchev–Trinajstić information content (AvgIpc) is 3.28. The zero-order valence-electron chi connectivity index (χ0n) is 17.8. The van der Waals surface area contributed by atoms with Gasteiger partial charge in [0.25, 0.3) is 5.56 Å². The molecule has 162 valence electrons. The number of benzene rings is 1. The lowest BCUT2D eigenvalue weighted by Crippen LogP contribution is -2.35. The molecule has 31 heavy (non-hydrogen) atoms. The standard InChI is InChI=1S/C23H25N3O5/c1-13-9-19-21(23(27)26(13)12-15-5-4-8-30-15)20(17(11-24)22(25)31-19)16-7-6-14(28-2)10-18(16)29-3/h6-7,9-10,15,20H,4-5,8,12,25H2,1-3H3/t15-,20-/m1/s1. The van der Waals surface area contributed by atoms with Gasteiger partial charge in [0.1, 0.15) is 28.9 Å². The van der Waals surface area contributed by atoms with Crippen molar-refractivity contribution in [1.82, 2.24) is 4.57 Å². The number of rotatable bonds is 5. The van der Waals surface area contributed by atoms with Gasteiger partial charge in [-0.15, -0.1) is 0 Å². The summed E-state index contributed by atoms with van der Waals surface area (Å²) >= 11 is 0. The van der Waals surface area contributed by atoms with Gasteiger partial charge >= 0.3 is 0 Å². The number of fused-ring (bicyclic) bond motifs is 1.